The second kappa shape index (κ2) is 12.6. The second-order valence-corrected chi connectivity index (χ2v) is 9.34. The molecule has 0 saturated heterocycles. The molecule has 0 aromatic heterocycles. The summed E-state index contributed by atoms with van der Waals surface area (Å²) in [5.74, 6) is -1.38. The first-order chi connectivity index (χ1) is 16.3. The Morgan fingerprint density at radius 1 is 1.09 bits per heavy atom. The Labute approximate surface area is 200 Å². The lowest BCUT2D eigenvalue weighted by Gasteiger charge is -2.19. The van der Waals surface area contributed by atoms with Crippen molar-refractivity contribution in [2.24, 2.45) is 11.8 Å². The van der Waals surface area contributed by atoms with Crippen LogP contribution in [0, 0.1) is 11.8 Å². The fraction of sp³-hybridized carbons (Fsp3) is 0.615. The number of esters is 2. The molecule has 1 fully saturated rings. The van der Waals surface area contributed by atoms with Gasteiger partial charge in [-0.05, 0) is 69.8 Å². The van der Waals surface area contributed by atoms with Crippen molar-refractivity contribution in [3.8, 4) is 0 Å². The van der Waals surface area contributed by atoms with Crippen molar-refractivity contribution in [1.82, 2.24) is 4.90 Å². The highest BCUT2D eigenvalue weighted by Crippen LogP contribution is 2.38. The summed E-state index contributed by atoms with van der Waals surface area (Å²) in [7, 11) is 0. The molecule has 0 aromatic rings. The minimum absolute atomic E-state index is 0.0655. The van der Waals surface area contributed by atoms with Gasteiger partial charge in [-0.3, -0.25) is 19.3 Å². The van der Waals surface area contributed by atoms with Gasteiger partial charge in [-0.2, -0.15) is 0 Å². The summed E-state index contributed by atoms with van der Waals surface area (Å²) in [5.41, 5.74) is 0. The molecule has 0 radical (unpaired) electrons. The van der Waals surface area contributed by atoms with Gasteiger partial charge in [0.25, 0.3) is 11.8 Å². The lowest BCUT2D eigenvalue weighted by atomic mass is 9.90. The zero-order chi connectivity index (χ0) is 24.5. The van der Waals surface area contributed by atoms with E-state index in [0.717, 1.165) is 19.3 Å². The van der Waals surface area contributed by atoms with Crippen LogP contribution in [0.4, 0.5) is 0 Å². The van der Waals surface area contributed by atoms with Crippen LogP contribution >= 0.6 is 0 Å². The predicted octanol–water partition coefficient (Wildman–Crippen LogP) is 3.00. The van der Waals surface area contributed by atoms with Gasteiger partial charge in [-0.15, -0.1) is 0 Å². The van der Waals surface area contributed by atoms with Crippen LogP contribution in [0.15, 0.2) is 36.5 Å². The van der Waals surface area contributed by atoms with Gasteiger partial charge in [0.15, 0.2) is 0 Å². The van der Waals surface area contributed by atoms with Crippen molar-refractivity contribution in [3.63, 3.8) is 0 Å². The van der Waals surface area contributed by atoms with Gasteiger partial charge >= 0.3 is 11.9 Å². The molecule has 34 heavy (non-hydrogen) atoms. The summed E-state index contributed by atoms with van der Waals surface area (Å²) >= 11 is 0. The Morgan fingerprint density at radius 2 is 1.85 bits per heavy atom. The van der Waals surface area contributed by atoms with Gasteiger partial charge in [0.2, 0.25) is 0 Å². The van der Waals surface area contributed by atoms with Gasteiger partial charge in [0.05, 0.1) is 12.2 Å². The van der Waals surface area contributed by atoms with Gasteiger partial charge < -0.3 is 14.6 Å². The number of fused-ring (bicyclic) bond motifs is 1. The lowest BCUT2D eigenvalue weighted by Crippen LogP contribution is -2.30. The number of imide groups is 1. The van der Waals surface area contributed by atoms with Gasteiger partial charge in [0, 0.05) is 31.2 Å². The molecule has 2 heterocycles. The SMILES string of the molecule is C[C@H]1CCC/C=C/[C@@H]2C[C@H](OC(=O)CCCCCN3C(=O)C=CC3=O)C[C@H]2[C@H](O)/C=C/C(=O)O1. The van der Waals surface area contributed by atoms with E-state index < -0.39 is 12.1 Å². The van der Waals surface area contributed by atoms with E-state index in [1.807, 2.05) is 6.92 Å². The summed E-state index contributed by atoms with van der Waals surface area (Å²) < 4.78 is 11.0. The Morgan fingerprint density at radius 3 is 2.62 bits per heavy atom. The molecule has 0 bridgehead atoms. The number of unbranched alkanes of at least 4 members (excludes halogenated alkanes) is 2. The minimum Gasteiger partial charge on any atom is -0.462 e. The maximum atomic E-state index is 12.4. The average molecular weight is 474 g/mol. The zero-order valence-corrected chi connectivity index (χ0v) is 19.8. The van der Waals surface area contributed by atoms with Crippen molar-refractivity contribution in [1.29, 1.82) is 0 Å². The molecule has 186 valence electrons. The van der Waals surface area contributed by atoms with E-state index >= 15 is 0 Å². The van der Waals surface area contributed by atoms with E-state index in [9.17, 15) is 24.3 Å². The fourth-order valence-electron chi connectivity index (χ4n) is 4.79. The number of hydrogen-bond donors (Lipinski definition) is 1. The Balaban J connectivity index is 1.44. The van der Waals surface area contributed by atoms with E-state index in [2.05, 4.69) is 12.2 Å². The molecule has 8 nitrogen and oxygen atoms in total. The molecule has 0 spiro atoms. The Hall–Kier alpha value is -2.74. The van der Waals surface area contributed by atoms with Crippen LogP contribution in [0.5, 0.6) is 0 Å². The van der Waals surface area contributed by atoms with Crippen molar-refractivity contribution in [3.05, 3.63) is 36.5 Å². The molecular weight excluding hydrogens is 438 g/mol. The molecule has 1 N–H and O–H groups in total. The normalized spacial score (nSPS) is 31.8. The highest BCUT2D eigenvalue weighted by atomic mass is 16.5. The molecule has 0 aromatic carbocycles. The van der Waals surface area contributed by atoms with Crippen LogP contribution in [0.25, 0.3) is 0 Å². The molecule has 0 unspecified atom stereocenters. The van der Waals surface area contributed by atoms with Gasteiger partial charge in [0.1, 0.15) is 6.10 Å². The lowest BCUT2D eigenvalue weighted by molar-refractivity contribution is -0.149. The average Bonchev–Trinajstić information content (AvgIpc) is 3.33. The number of carbonyl (C=O) groups is 4. The summed E-state index contributed by atoms with van der Waals surface area (Å²) in [6.07, 6.45) is 14.2. The van der Waals surface area contributed by atoms with E-state index in [-0.39, 0.29) is 48.2 Å². The van der Waals surface area contributed by atoms with Crippen molar-refractivity contribution < 1.29 is 33.8 Å². The van der Waals surface area contributed by atoms with Gasteiger partial charge in [-0.25, -0.2) is 4.79 Å². The number of hydrogen-bond acceptors (Lipinski definition) is 7. The van der Waals surface area contributed by atoms with Crippen LogP contribution in [-0.4, -0.2) is 58.6 Å². The second-order valence-electron chi connectivity index (χ2n) is 9.34. The standard InChI is InChI=1S/C26H35NO7/c1-18-8-4-2-5-9-19-16-20(17-21(19)22(28)11-14-26(32)33-18)34-25(31)10-6-3-7-15-27-23(29)12-13-24(27)30/h5,9,11-14,18-22,28H,2-4,6-8,10,15-17H2,1H3/b9-5+,14-11+/t18-,19+,20-,21+,22+/m0/s1. The number of rotatable bonds is 7. The van der Waals surface area contributed by atoms with Crippen LogP contribution < -0.4 is 0 Å². The smallest absolute Gasteiger partial charge is 0.330 e. The molecule has 1 saturated carbocycles. The largest absolute Gasteiger partial charge is 0.462 e. The Kier molecular flexibility index (Phi) is 9.62. The first-order valence-corrected chi connectivity index (χ1v) is 12.3. The minimum atomic E-state index is -0.826. The molecule has 1 aliphatic carbocycles. The highest BCUT2D eigenvalue weighted by Gasteiger charge is 2.38. The summed E-state index contributed by atoms with van der Waals surface area (Å²) in [6, 6.07) is 0. The van der Waals surface area contributed by atoms with Crippen molar-refractivity contribution in [2.75, 3.05) is 6.54 Å². The third kappa shape index (κ3) is 7.65. The summed E-state index contributed by atoms with van der Waals surface area (Å²) in [6.45, 7) is 2.22. The maximum absolute atomic E-state index is 12.4. The molecule has 5 atom stereocenters. The number of allylic oxidation sites excluding steroid dienone is 2. The first kappa shape index (κ1) is 25.9. The van der Waals surface area contributed by atoms with Crippen molar-refractivity contribution >= 4 is 23.8 Å². The molecule has 3 rings (SSSR count). The maximum Gasteiger partial charge on any atom is 0.330 e. The Bertz CT molecular complexity index is 828. The van der Waals surface area contributed by atoms with E-state index in [4.69, 9.17) is 9.47 Å². The third-order valence-electron chi connectivity index (χ3n) is 6.63. The van der Waals surface area contributed by atoms with E-state index in [1.165, 1.54) is 29.2 Å². The summed E-state index contributed by atoms with van der Waals surface area (Å²) in [5, 5.41) is 10.7. The third-order valence-corrected chi connectivity index (χ3v) is 6.63. The van der Waals surface area contributed by atoms with E-state index in [0.29, 0.717) is 38.6 Å². The highest BCUT2D eigenvalue weighted by molar-refractivity contribution is 6.12. The first-order valence-electron chi connectivity index (χ1n) is 12.3. The quantitative estimate of drug-likeness (QED) is 0.262. The number of aliphatic hydroxyl groups is 1. The molecular formula is C26H35NO7. The molecule has 2 aliphatic heterocycles. The number of nitrogens with zero attached hydrogens (tertiary/aromatic N) is 1. The number of ether oxygens (including phenoxy) is 2. The molecule has 8 heteroatoms. The van der Waals surface area contributed by atoms with Crippen LogP contribution in [0.3, 0.4) is 0 Å². The monoisotopic (exact) mass is 473 g/mol. The molecule has 3 aliphatic rings. The summed E-state index contributed by atoms with van der Waals surface area (Å²) in [4.78, 5) is 48.6. The molecule has 2 amide bonds. The van der Waals surface area contributed by atoms with Crippen LogP contribution in [0.1, 0.15) is 64.7 Å². The number of aliphatic hydroxyl groups excluding tert-OH is 1. The predicted molar refractivity (Wildman–Crippen MR) is 124 cm³/mol. The van der Waals surface area contributed by atoms with Crippen LogP contribution in [0.2, 0.25) is 0 Å². The number of amides is 2. The topological polar surface area (TPSA) is 110 Å². The number of cyclic esters (lactones) is 1. The van der Waals surface area contributed by atoms with Crippen LogP contribution in [-0.2, 0) is 28.7 Å². The fourth-order valence-corrected chi connectivity index (χ4v) is 4.79. The van der Waals surface area contributed by atoms with E-state index in [1.54, 1.807) is 0 Å². The van der Waals surface area contributed by atoms with Gasteiger partial charge in [-0.1, -0.05) is 18.6 Å². The zero-order valence-electron chi connectivity index (χ0n) is 19.8. The van der Waals surface area contributed by atoms with Crippen molar-refractivity contribution in [2.45, 2.75) is 83.0 Å². The number of carbonyl (C=O) groups excluding carboxylic acids is 4.